The summed E-state index contributed by atoms with van der Waals surface area (Å²) >= 11 is 0. The van der Waals surface area contributed by atoms with Crippen LogP contribution in [0.2, 0.25) is 0 Å². The SMILES string of the molecule is COc1cccc(-c2cc(N3CCCC(N)C3)n[nH]2)c1. The molecule has 1 saturated heterocycles. The summed E-state index contributed by atoms with van der Waals surface area (Å²) in [5.41, 5.74) is 8.09. The number of nitrogens with one attached hydrogen (secondary N) is 1. The monoisotopic (exact) mass is 272 g/mol. The van der Waals surface area contributed by atoms with Crippen LogP contribution in [0.15, 0.2) is 30.3 Å². The molecule has 3 rings (SSSR count). The van der Waals surface area contributed by atoms with E-state index in [1.807, 2.05) is 24.3 Å². The Morgan fingerprint density at radius 2 is 2.30 bits per heavy atom. The number of methoxy groups -OCH3 is 1. The van der Waals surface area contributed by atoms with Crippen molar-refractivity contribution in [3.63, 3.8) is 0 Å². The van der Waals surface area contributed by atoms with Gasteiger partial charge < -0.3 is 15.4 Å². The average molecular weight is 272 g/mol. The van der Waals surface area contributed by atoms with Gasteiger partial charge in [0, 0.05) is 30.8 Å². The molecule has 106 valence electrons. The molecule has 2 aromatic rings. The predicted octanol–water partition coefficient (Wildman–Crippen LogP) is 2.01. The summed E-state index contributed by atoms with van der Waals surface area (Å²) in [6.45, 7) is 1.90. The number of rotatable bonds is 3. The zero-order chi connectivity index (χ0) is 13.9. The van der Waals surface area contributed by atoms with Crippen LogP contribution in [-0.4, -0.2) is 36.4 Å². The number of ether oxygens (including phenoxy) is 1. The highest BCUT2D eigenvalue weighted by Gasteiger charge is 2.19. The van der Waals surface area contributed by atoms with Gasteiger partial charge in [-0.05, 0) is 25.0 Å². The minimum absolute atomic E-state index is 0.251. The molecule has 1 aromatic heterocycles. The fraction of sp³-hybridized carbons (Fsp3) is 0.400. The molecule has 1 aromatic carbocycles. The summed E-state index contributed by atoms with van der Waals surface area (Å²) in [6.07, 6.45) is 2.23. The topological polar surface area (TPSA) is 67.2 Å². The van der Waals surface area contributed by atoms with Gasteiger partial charge in [-0.1, -0.05) is 12.1 Å². The molecular weight excluding hydrogens is 252 g/mol. The average Bonchev–Trinajstić information content (AvgIpc) is 2.97. The minimum atomic E-state index is 0.251. The van der Waals surface area contributed by atoms with Gasteiger partial charge in [0.25, 0.3) is 0 Å². The molecule has 0 radical (unpaired) electrons. The fourth-order valence-electron chi connectivity index (χ4n) is 2.63. The molecule has 0 spiro atoms. The van der Waals surface area contributed by atoms with Crippen LogP contribution >= 0.6 is 0 Å². The van der Waals surface area contributed by atoms with E-state index in [-0.39, 0.29) is 6.04 Å². The third-order valence-corrected chi connectivity index (χ3v) is 3.73. The third kappa shape index (κ3) is 2.63. The number of piperidine rings is 1. The first-order valence-corrected chi connectivity index (χ1v) is 6.96. The van der Waals surface area contributed by atoms with Crippen LogP contribution in [0.5, 0.6) is 5.75 Å². The molecule has 5 nitrogen and oxygen atoms in total. The van der Waals surface area contributed by atoms with Crippen molar-refractivity contribution in [2.75, 3.05) is 25.1 Å². The second kappa shape index (κ2) is 5.54. The van der Waals surface area contributed by atoms with Crippen LogP contribution in [-0.2, 0) is 0 Å². The van der Waals surface area contributed by atoms with E-state index >= 15 is 0 Å². The van der Waals surface area contributed by atoms with Crippen LogP contribution in [0, 0.1) is 0 Å². The van der Waals surface area contributed by atoms with Crippen molar-refractivity contribution in [1.82, 2.24) is 10.2 Å². The third-order valence-electron chi connectivity index (χ3n) is 3.73. The lowest BCUT2D eigenvalue weighted by molar-refractivity contribution is 0.415. The molecule has 5 heteroatoms. The van der Waals surface area contributed by atoms with Gasteiger partial charge in [0.15, 0.2) is 5.82 Å². The summed E-state index contributed by atoms with van der Waals surface area (Å²) in [6, 6.07) is 10.3. The van der Waals surface area contributed by atoms with E-state index in [0.717, 1.165) is 48.8 Å². The maximum Gasteiger partial charge on any atom is 0.151 e. The summed E-state index contributed by atoms with van der Waals surface area (Å²) in [5.74, 6) is 1.82. The first-order valence-electron chi connectivity index (χ1n) is 6.96. The lowest BCUT2D eigenvalue weighted by atomic mass is 10.1. The Labute approximate surface area is 118 Å². The zero-order valence-corrected chi connectivity index (χ0v) is 11.7. The van der Waals surface area contributed by atoms with Gasteiger partial charge in [-0.25, -0.2) is 0 Å². The molecule has 0 amide bonds. The van der Waals surface area contributed by atoms with Gasteiger partial charge in [0.05, 0.1) is 12.8 Å². The number of anilines is 1. The quantitative estimate of drug-likeness (QED) is 0.897. The van der Waals surface area contributed by atoms with Crippen LogP contribution < -0.4 is 15.4 Å². The molecular formula is C15H20N4O. The number of nitrogens with zero attached hydrogens (tertiary/aromatic N) is 2. The van der Waals surface area contributed by atoms with E-state index in [0.29, 0.717) is 0 Å². The van der Waals surface area contributed by atoms with Gasteiger partial charge in [0.2, 0.25) is 0 Å². The molecule has 0 aliphatic carbocycles. The molecule has 2 heterocycles. The maximum atomic E-state index is 6.02. The van der Waals surface area contributed by atoms with Crippen LogP contribution in [0.25, 0.3) is 11.3 Å². The molecule has 0 saturated carbocycles. The summed E-state index contributed by atoms with van der Waals surface area (Å²) in [5, 5.41) is 7.51. The molecule has 1 unspecified atom stereocenters. The Morgan fingerprint density at radius 3 is 3.10 bits per heavy atom. The van der Waals surface area contributed by atoms with Crippen molar-refractivity contribution >= 4 is 5.82 Å². The van der Waals surface area contributed by atoms with E-state index in [9.17, 15) is 0 Å². The summed E-state index contributed by atoms with van der Waals surface area (Å²) in [7, 11) is 1.67. The highest BCUT2D eigenvalue weighted by atomic mass is 16.5. The van der Waals surface area contributed by atoms with Crippen molar-refractivity contribution in [2.24, 2.45) is 5.73 Å². The van der Waals surface area contributed by atoms with Gasteiger partial charge >= 0.3 is 0 Å². The Hall–Kier alpha value is -2.01. The van der Waals surface area contributed by atoms with Crippen molar-refractivity contribution in [3.05, 3.63) is 30.3 Å². The largest absolute Gasteiger partial charge is 0.497 e. The standard InChI is InChI=1S/C15H20N4O/c1-20-13-6-2-4-11(8-13)14-9-15(18-17-14)19-7-3-5-12(16)10-19/h2,4,6,8-9,12H,3,5,7,10,16H2,1H3,(H,17,18). The first kappa shape index (κ1) is 13.0. The highest BCUT2D eigenvalue weighted by molar-refractivity contribution is 5.64. The number of hydrogen-bond donors (Lipinski definition) is 2. The van der Waals surface area contributed by atoms with Gasteiger partial charge in [0.1, 0.15) is 5.75 Å². The van der Waals surface area contributed by atoms with Crippen LogP contribution in [0.4, 0.5) is 5.82 Å². The normalized spacial score (nSPS) is 19.1. The molecule has 3 N–H and O–H groups in total. The number of aromatic nitrogens is 2. The first-order chi connectivity index (χ1) is 9.76. The smallest absolute Gasteiger partial charge is 0.151 e. The number of aromatic amines is 1. The maximum absolute atomic E-state index is 6.02. The molecule has 1 fully saturated rings. The van der Waals surface area contributed by atoms with Crippen molar-refractivity contribution in [1.29, 1.82) is 0 Å². The number of benzene rings is 1. The van der Waals surface area contributed by atoms with E-state index in [2.05, 4.69) is 21.2 Å². The van der Waals surface area contributed by atoms with E-state index in [1.54, 1.807) is 7.11 Å². The predicted molar refractivity (Wildman–Crippen MR) is 80.0 cm³/mol. The Bertz CT molecular complexity index is 581. The van der Waals surface area contributed by atoms with E-state index in [1.165, 1.54) is 0 Å². The minimum Gasteiger partial charge on any atom is -0.497 e. The molecule has 1 aliphatic heterocycles. The Balaban J connectivity index is 1.82. The van der Waals surface area contributed by atoms with E-state index < -0.39 is 0 Å². The van der Waals surface area contributed by atoms with Gasteiger partial charge in [-0.3, -0.25) is 5.10 Å². The molecule has 1 atom stereocenters. The molecule has 1 aliphatic rings. The fourth-order valence-corrected chi connectivity index (χ4v) is 2.63. The highest BCUT2D eigenvalue weighted by Crippen LogP contribution is 2.26. The second-order valence-electron chi connectivity index (χ2n) is 5.22. The summed E-state index contributed by atoms with van der Waals surface area (Å²) in [4.78, 5) is 2.24. The summed E-state index contributed by atoms with van der Waals surface area (Å²) < 4.78 is 5.25. The van der Waals surface area contributed by atoms with Crippen LogP contribution in [0.3, 0.4) is 0 Å². The number of nitrogens with two attached hydrogens (primary N) is 1. The number of hydrogen-bond acceptors (Lipinski definition) is 4. The van der Waals surface area contributed by atoms with Gasteiger partial charge in [-0.2, -0.15) is 5.10 Å². The van der Waals surface area contributed by atoms with Crippen LogP contribution in [0.1, 0.15) is 12.8 Å². The zero-order valence-electron chi connectivity index (χ0n) is 11.7. The van der Waals surface area contributed by atoms with Crippen molar-refractivity contribution in [2.45, 2.75) is 18.9 Å². The molecule has 0 bridgehead atoms. The lowest BCUT2D eigenvalue weighted by Crippen LogP contribution is -2.43. The van der Waals surface area contributed by atoms with Crippen molar-refractivity contribution < 1.29 is 4.74 Å². The Morgan fingerprint density at radius 1 is 1.40 bits per heavy atom. The lowest BCUT2D eigenvalue weighted by Gasteiger charge is -2.30. The Kier molecular flexibility index (Phi) is 3.60. The molecule has 20 heavy (non-hydrogen) atoms. The number of H-pyrrole nitrogens is 1. The second-order valence-corrected chi connectivity index (χ2v) is 5.22. The van der Waals surface area contributed by atoms with Gasteiger partial charge in [-0.15, -0.1) is 0 Å². The van der Waals surface area contributed by atoms with Crippen molar-refractivity contribution in [3.8, 4) is 17.0 Å². The van der Waals surface area contributed by atoms with E-state index in [4.69, 9.17) is 10.5 Å².